The molecule has 0 saturated carbocycles. The number of pyridine rings is 3. The SMILES string of the molecule is Cc1ncc(NC(=O)c2cc(C(F)(F)F)ccn2)cc1-c1cnc(N2CCOCC2)c(C#N)c1. The molecular formula is C23H19F3N6O2. The van der Waals surface area contributed by atoms with E-state index < -0.39 is 17.6 Å². The van der Waals surface area contributed by atoms with Crippen molar-refractivity contribution in [1.29, 1.82) is 5.26 Å². The van der Waals surface area contributed by atoms with Gasteiger partial charge in [0.15, 0.2) is 0 Å². The number of nitrogens with zero attached hydrogens (tertiary/aromatic N) is 5. The number of nitriles is 1. The highest BCUT2D eigenvalue weighted by Gasteiger charge is 2.31. The van der Waals surface area contributed by atoms with E-state index in [1.165, 1.54) is 6.20 Å². The zero-order valence-corrected chi connectivity index (χ0v) is 18.1. The third kappa shape index (κ3) is 4.97. The third-order valence-electron chi connectivity index (χ3n) is 5.27. The van der Waals surface area contributed by atoms with E-state index in [2.05, 4.69) is 26.3 Å². The molecular weight excluding hydrogens is 449 g/mol. The Morgan fingerprint density at radius 3 is 2.62 bits per heavy atom. The lowest BCUT2D eigenvalue weighted by Gasteiger charge is -2.28. The van der Waals surface area contributed by atoms with Crippen LogP contribution in [0.5, 0.6) is 0 Å². The van der Waals surface area contributed by atoms with Gasteiger partial charge in [0, 0.05) is 42.3 Å². The van der Waals surface area contributed by atoms with Crippen LogP contribution in [0.4, 0.5) is 24.7 Å². The van der Waals surface area contributed by atoms with Gasteiger partial charge in [0.2, 0.25) is 0 Å². The van der Waals surface area contributed by atoms with Crippen molar-refractivity contribution in [1.82, 2.24) is 15.0 Å². The van der Waals surface area contributed by atoms with Crippen molar-refractivity contribution in [3.63, 3.8) is 0 Å². The van der Waals surface area contributed by atoms with Crippen LogP contribution in [-0.2, 0) is 10.9 Å². The van der Waals surface area contributed by atoms with Crippen LogP contribution in [0.3, 0.4) is 0 Å². The van der Waals surface area contributed by atoms with Gasteiger partial charge >= 0.3 is 6.18 Å². The lowest BCUT2D eigenvalue weighted by molar-refractivity contribution is -0.137. The first kappa shape index (κ1) is 23.1. The van der Waals surface area contributed by atoms with E-state index in [9.17, 15) is 23.2 Å². The van der Waals surface area contributed by atoms with Gasteiger partial charge in [-0.15, -0.1) is 0 Å². The number of aromatic nitrogens is 3. The van der Waals surface area contributed by atoms with Crippen molar-refractivity contribution in [2.75, 3.05) is 36.5 Å². The Bertz CT molecular complexity index is 1270. The molecule has 8 nitrogen and oxygen atoms in total. The monoisotopic (exact) mass is 468 g/mol. The second kappa shape index (κ2) is 9.44. The van der Waals surface area contributed by atoms with Gasteiger partial charge in [-0.25, -0.2) is 4.98 Å². The molecule has 0 aromatic carbocycles. The summed E-state index contributed by atoms with van der Waals surface area (Å²) in [4.78, 5) is 27.0. The lowest BCUT2D eigenvalue weighted by Crippen LogP contribution is -2.37. The third-order valence-corrected chi connectivity index (χ3v) is 5.27. The number of hydrogen-bond acceptors (Lipinski definition) is 7. The number of alkyl halides is 3. The summed E-state index contributed by atoms with van der Waals surface area (Å²) < 4.78 is 44.2. The number of carbonyl (C=O) groups excluding carboxylic acids is 1. The van der Waals surface area contributed by atoms with E-state index in [1.54, 1.807) is 25.3 Å². The number of hydrogen-bond donors (Lipinski definition) is 1. The first-order valence-corrected chi connectivity index (χ1v) is 10.3. The number of halogens is 3. The van der Waals surface area contributed by atoms with Gasteiger partial charge < -0.3 is 15.0 Å². The number of nitrogens with one attached hydrogen (secondary N) is 1. The predicted octanol–water partition coefficient (Wildman–Crippen LogP) is 3.83. The van der Waals surface area contributed by atoms with Crippen LogP contribution in [0.15, 0.2) is 42.9 Å². The molecule has 0 spiro atoms. The molecule has 0 radical (unpaired) electrons. The highest BCUT2D eigenvalue weighted by molar-refractivity contribution is 6.03. The van der Waals surface area contributed by atoms with Gasteiger partial charge in [0.1, 0.15) is 17.6 Å². The maximum absolute atomic E-state index is 12.9. The van der Waals surface area contributed by atoms with Gasteiger partial charge in [-0.05, 0) is 31.2 Å². The normalized spacial score (nSPS) is 13.9. The molecule has 0 atom stereocenters. The molecule has 3 aromatic rings. The van der Waals surface area contributed by atoms with Crippen LogP contribution in [0.25, 0.3) is 11.1 Å². The van der Waals surface area contributed by atoms with Crippen molar-refractivity contribution in [2.45, 2.75) is 13.1 Å². The second-order valence-corrected chi connectivity index (χ2v) is 7.54. The smallest absolute Gasteiger partial charge is 0.378 e. The van der Waals surface area contributed by atoms with Crippen LogP contribution in [0.2, 0.25) is 0 Å². The summed E-state index contributed by atoms with van der Waals surface area (Å²) in [5.74, 6) is -0.235. The van der Waals surface area contributed by atoms with Gasteiger partial charge in [-0.3, -0.25) is 14.8 Å². The van der Waals surface area contributed by atoms with Crippen molar-refractivity contribution in [3.05, 3.63) is 65.4 Å². The summed E-state index contributed by atoms with van der Waals surface area (Å²) in [6.45, 7) is 4.14. The number of morpholine rings is 1. The summed E-state index contributed by atoms with van der Waals surface area (Å²) in [5, 5.41) is 12.2. The first-order chi connectivity index (χ1) is 16.3. The maximum Gasteiger partial charge on any atom is 0.416 e. The van der Waals surface area contributed by atoms with Crippen LogP contribution in [0.1, 0.15) is 27.3 Å². The molecule has 1 fully saturated rings. The number of rotatable bonds is 4. The zero-order valence-electron chi connectivity index (χ0n) is 18.1. The average Bonchev–Trinajstić information content (AvgIpc) is 2.85. The maximum atomic E-state index is 12.9. The highest BCUT2D eigenvalue weighted by atomic mass is 19.4. The second-order valence-electron chi connectivity index (χ2n) is 7.54. The lowest BCUT2D eigenvalue weighted by atomic mass is 10.0. The molecule has 1 aliphatic heterocycles. The molecule has 1 saturated heterocycles. The van der Waals surface area contributed by atoms with E-state index in [0.717, 1.165) is 12.3 Å². The average molecular weight is 468 g/mol. The molecule has 1 aliphatic rings. The summed E-state index contributed by atoms with van der Waals surface area (Å²) in [6, 6.07) is 6.97. The molecule has 1 N–H and O–H groups in total. The fourth-order valence-electron chi connectivity index (χ4n) is 3.53. The van der Waals surface area contributed by atoms with Crippen molar-refractivity contribution >= 4 is 17.4 Å². The van der Waals surface area contributed by atoms with Gasteiger partial charge in [-0.1, -0.05) is 0 Å². The highest BCUT2D eigenvalue weighted by Crippen LogP contribution is 2.30. The van der Waals surface area contributed by atoms with E-state index >= 15 is 0 Å². The molecule has 0 aliphatic carbocycles. The quantitative estimate of drug-likeness (QED) is 0.621. The number of aryl methyl sites for hydroxylation is 1. The van der Waals surface area contributed by atoms with Gasteiger partial charge in [-0.2, -0.15) is 18.4 Å². The van der Waals surface area contributed by atoms with Crippen LogP contribution >= 0.6 is 0 Å². The number of ether oxygens (including phenoxy) is 1. The molecule has 4 heterocycles. The van der Waals surface area contributed by atoms with Crippen molar-refractivity contribution in [2.24, 2.45) is 0 Å². The number of amides is 1. The minimum atomic E-state index is -4.59. The molecule has 174 valence electrons. The minimum Gasteiger partial charge on any atom is -0.378 e. The summed E-state index contributed by atoms with van der Waals surface area (Å²) in [6.07, 6.45) is -0.641. The van der Waals surface area contributed by atoms with E-state index in [-0.39, 0.29) is 11.4 Å². The zero-order chi connectivity index (χ0) is 24.3. The van der Waals surface area contributed by atoms with Crippen molar-refractivity contribution < 1.29 is 22.7 Å². The van der Waals surface area contributed by atoms with E-state index in [4.69, 9.17) is 4.74 Å². The van der Waals surface area contributed by atoms with Gasteiger partial charge in [0.05, 0.1) is 36.2 Å². The Balaban J connectivity index is 1.60. The molecule has 4 rings (SSSR count). The van der Waals surface area contributed by atoms with Crippen LogP contribution < -0.4 is 10.2 Å². The van der Waals surface area contributed by atoms with E-state index in [1.807, 2.05) is 4.90 Å². The Morgan fingerprint density at radius 2 is 1.91 bits per heavy atom. The fourth-order valence-corrected chi connectivity index (χ4v) is 3.53. The largest absolute Gasteiger partial charge is 0.416 e. The Hall–Kier alpha value is -4.04. The number of anilines is 2. The van der Waals surface area contributed by atoms with Gasteiger partial charge in [0.25, 0.3) is 5.91 Å². The van der Waals surface area contributed by atoms with Crippen molar-refractivity contribution in [3.8, 4) is 17.2 Å². The summed E-state index contributed by atoms with van der Waals surface area (Å²) >= 11 is 0. The summed E-state index contributed by atoms with van der Waals surface area (Å²) in [5.41, 5.74) is 1.17. The topological polar surface area (TPSA) is 104 Å². The predicted molar refractivity (Wildman–Crippen MR) is 117 cm³/mol. The summed E-state index contributed by atoms with van der Waals surface area (Å²) in [7, 11) is 0. The molecule has 34 heavy (non-hydrogen) atoms. The van der Waals surface area contributed by atoms with E-state index in [0.29, 0.717) is 60.6 Å². The molecule has 3 aromatic heterocycles. The van der Waals surface area contributed by atoms with Crippen LogP contribution in [0, 0.1) is 18.3 Å². The Morgan fingerprint density at radius 1 is 1.15 bits per heavy atom. The standard InChI is InChI=1S/C23H19F3N6O2/c1-14-19(16-8-15(11-27)21(30-12-16)32-4-6-34-7-5-32)10-18(13-29-14)31-22(33)20-9-17(2-3-28-20)23(24,25)26/h2-3,8-10,12-13H,4-7H2,1H3,(H,31,33). The Labute approximate surface area is 193 Å². The molecule has 11 heteroatoms. The molecule has 0 unspecified atom stereocenters. The van der Waals surface area contributed by atoms with Crippen LogP contribution in [-0.4, -0.2) is 47.2 Å². The fraction of sp³-hybridized carbons (Fsp3) is 0.261. The first-order valence-electron chi connectivity index (χ1n) is 10.3. The molecule has 0 bridgehead atoms. The number of carbonyl (C=O) groups is 1. The minimum absolute atomic E-state index is 0.264. The molecule has 1 amide bonds. The Kier molecular flexibility index (Phi) is 6.43.